The van der Waals surface area contributed by atoms with Crippen molar-refractivity contribution < 1.29 is 0 Å². The molecule has 0 amide bonds. The molecule has 0 bridgehead atoms. The topological polar surface area (TPSA) is 3.24 Å². The monoisotopic (exact) mass is 237 g/mol. The number of rotatable bonds is 1. The van der Waals surface area contributed by atoms with Crippen molar-refractivity contribution >= 4 is 58.5 Å². The average Bonchev–Trinajstić information content (AvgIpc) is 2.12. The molecule has 6 heteroatoms. The van der Waals surface area contributed by atoms with Crippen LogP contribution in [0.25, 0.3) is 0 Å². The molecule has 0 aromatic rings. The number of nitrogens with zero attached hydrogens (tertiary/aromatic N) is 1. The molecule has 0 aromatic carbocycles. The van der Waals surface area contributed by atoms with Gasteiger partial charge in [0.1, 0.15) is 0 Å². The zero-order valence-corrected chi connectivity index (χ0v) is 8.92. The van der Waals surface area contributed by atoms with Crippen molar-refractivity contribution in [3.05, 3.63) is 0 Å². The summed E-state index contributed by atoms with van der Waals surface area (Å²) in [5.74, 6) is 2.09. The summed E-state index contributed by atoms with van der Waals surface area (Å²) in [6.07, 6.45) is 0. The fourth-order valence-electron chi connectivity index (χ4n) is 0.616. The Kier molecular flexibility index (Phi) is 3.81. The first-order valence-electron chi connectivity index (χ1n) is 2.66. The normalized spacial score (nSPS) is 21.9. The minimum absolute atomic E-state index is 0.957. The van der Waals surface area contributed by atoms with Gasteiger partial charge in [0.2, 0.25) is 0 Å². The van der Waals surface area contributed by atoms with Gasteiger partial charge < -0.3 is 0 Å². The van der Waals surface area contributed by atoms with Crippen LogP contribution in [0.15, 0.2) is 0 Å². The van der Waals surface area contributed by atoms with Crippen LogP contribution >= 0.6 is 58.5 Å². The van der Waals surface area contributed by atoms with Gasteiger partial charge >= 0.3 is 0 Å². The van der Waals surface area contributed by atoms with Crippen molar-refractivity contribution in [3.8, 4) is 0 Å². The first-order valence-corrected chi connectivity index (χ1v) is 5.73. The molecule has 60 valence electrons. The van der Waals surface area contributed by atoms with Gasteiger partial charge in [0.05, 0.1) is 5.88 Å². The maximum Gasteiger partial charge on any atom is 0.251 e. The number of alkyl halides is 3. The third-order valence-corrected chi connectivity index (χ3v) is 3.48. The lowest BCUT2D eigenvalue weighted by atomic mass is 10.8. The molecule has 0 aromatic heterocycles. The Morgan fingerprint density at radius 3 is 2.50 bits per heavy atom. The van der Waals surface area contributed by atoms with E-state index in [9.17, 15) is 0 Å². The number of hydrogen-bond acceptors (Lipinski definition) is 3. The third kappa shape index (κ3) is 3.79. The van der Waals surface area contributed by atoms with Crippen LogP contribution in [0.2, 0.25) is 0 Å². The zero-order chi connectivity index (χ0) is 7.61. The first-order chi connectivity index (χ1) is 4.58. The van der Waals surface area contributed by atoms with Crippen LogP contribution in [0.3, 0.4) is 0 Å². The predicted molar refractivity (Wildman–Crippen MR) is 51.9 cm³/mol. The molecule has 1 fully saturated rings. The summed E-state index contributed by atoms with van der Waals surface area (Å²) in [6, 6.07) is 0. The van der Waals surface area contributed by atoms with Crippen molar-refractivity contribution in [2.24, 2.45) is 0 Å². The van der Waals surface area contributed by atoms with Crippen molar-refractivity contribution in [2.75, 3.05) is 18.2 Å². The van der Waals surface area contributed by atoms with Crippen molar-refractivity contribution in [1.29, 1.82) is 0 Å². The van der Waals surface area contributed by atoms with Gasteiger partial charge in [-0.05, 0) is 11.9 Å². The summed E-state index contributed by atoms with van der Waals surface area (Å²) in [6.45, 7) is 1.00. The van der Waals surface area contributed by atoms with Crippen LogP contribution in [0.4, 0.5) is 0 Å². The van der Waals surface area contributed by atoms with Gasteiger partial charge in [-0.1, -0.05) is 34.8 Å². The number of thioether (sulfide) groups is 1. The van der Waals surface area contributed by atoms with E-state index < -0.39 is 3.12 Å². The van der Waals surface area contributed by atoms with E-state index in [1.54, 1.807) is 0 Å². The van der Waals surface area contributed by atoms with Crippen molar-refractivity contribution in [2.45, 2.75) is 3.12 Å². The van der Waals surface area contributed by atoms with Crippen LogP contribution in [0.5, 0.6) is 0 Å². The van der Waals surface area contributed by atoms with Gasteiger partial charge in [-0.2, -0.15) is 0 Å². The van der Waals surface area contributed by atoms with E-state index in [0.717, 1.165) is 18.2 Å². The van der Waals surface area contributed by atoms with Gasteiger partial charge in [-0.3, -0.25) is 0 Å². The molecule has 1 aliphatic heterocycles. The highest BCUT2D eigenvalue weighted by molar-refractivity contribution is 8.05. The minimum atomic E-state index is -1.19. The summed E-state index contributed by atoms with van der Waals surface area (Å²) in [5, 5.41) is 0. The molecule has 0 spiro atoms. The highest BCUT2D eigenvalue weighted by Crippen LogP contribution is 2.42. The Morgan fingerprint density at radius 1 is 1.40 bits per heavy atom. The van der Waals surface area contributed by atoms with Gasteiger partial charge in [0, 0.05) is 12.3 Å². The van der Waals surface area contributed by atoms with E-state index in [4.69, 9.17) is 34.8 Å². The lowest BCUT2D eigenvalue weighted by molar-refractivity contribution is 0.612. The van der Waals surface area contributed by atoms with Crippen LogP contribution in [-0.4, -0.2) is 25.6 Å². The average molecular weight is 239 g/mol. The summed E-state index contributed by atoms with van der Waals surface area (Å²) in [4.78, 5) is 0. The third-order valence-electron chi connectivity index (χ3n) is 0.953. The fourth-order valence-corrected chi connectivity index (χ4v) is 3.33. The zero-order valence-electron chi connectivity index (χ0n) is 5.02. The second-order valence-electron chi connectivity index (χ2n) is 1.78. The minimum Gasteiger partial charge on any atom is -0.236 e. The molecule has 0 atom stereocenters. The lowest BCUT2D eigenvalue weighted by Gasteiger charge is -2.17. The predicted octanol–water partition coefficient (Wildman–Crippen LogP) is 2.97. The molecule has 0 N–H and O–H groups in total. The summed E-state index contributed by atoms with van der Waals surface area (Å²) < 4.78 is 0.864. The van der Waals surface area contributed by atoms with Crippen LogP contribution < -0.4 is 0 Å². The smallest absolute Gasteiger partial charge is 0.236 e. The van der Waals surface area contributed by atoms with Crippen LogP contribution in [0, 0.1) is 0 Å². The van der Waals surface area contributed by atoms with E-state index in [-0.39, 0.29) is 0 Å². The van der Waals surface area contributed by atoms with E-state index in [1.807, 2.05) is 11.8 Å². The maximum atomic E-state index is 5.56. The largest absolute Gasteiger partial charge is 0.251 e. The van der Waals surface area contributed by atoms with Crippen LogP contribution in [-0.2, 0) is 0 Å². The van der Waals surface area contributed by atoms with Gasteiger partial charge in [0.15, 0.2) is 0 Å². The first kappa shape index (κ1) is 9.62. The SMILES string of the molecule is ClC(Cl)(Cl)SN1CCSC1. The standard InChI is InChI=1S/C4H6Cl3NS2/c5-4(6,7)10-8-1-2-9-3-8/h1-3H2. The molecule has 1 aliphatic rings. The van der Waals surface area contributed by atoms with E-state index >= 15 is 0 Å². The van der Waals surface area contributed by atoms with E-state index in [0.29, 0.717) is 0 Å². The Bertz CT molecular complexity index is 110. The summed E-state index contributed by atoms with van der Waals surface area (Å²) in [7, 11) is 0. The molecule has 10 heavy (non-hydrogen) atoms. The second kappa shape index (κ2) is 3.97. The number of halogens is 3. The lowest BCUT2D eigenvalue weighted by Crippen LogP contribution is -2.15. The second-order valence-corrected chi connectivity index (χ2v) is 7.12. The van der Waals surface area contributed by atoms with Gasteiger partial charge in [-0.15, -0.1) is 11.8 Å². The molecule has 1 saturated heterocycles. The molecule has 0 aliphatic carbocycles. The molecular formula is C4H6Cl3NS2. The van der Waals surface area contributed by atoms with Gasteiger partial charge in [-0.25, -0.2) is 4.31 Å². The molecule has 1 nitrogen and oxygen atoms in total. The van der Waals surface area contributed by atoms with Crippen molar-refractivity contribution in [1.82, 2.24) is 4.31 Å². The number of hydrogen-bond donors (Lipinski definition) is 0. The molecular weight excluding hydrogens is 233 g/mol. The Morgan fingerprint density at radius 2 is 2.10 bits per heavy atom. The van der Waals surface area contributed by atoms with E-state index in [2.05, 4.69) is 4.31 Å². The van der Waals surface area contributed by atoms with E-state index in [1.165, 1.54) is 11.9 Å². The molecule has 1 heterocycles. The summed E-state index contributed by atoms with van der Waals surface area (Å²) >= 11 is 19.8. The fraction of sp³-hybridized carbons (Fsp3) is 1.00. The molecule has 0 saturated carbocycles. The van der Waals surface area contributed by atoms with Crippen LogP contribution in [0.1, 0.15) is 0 Å². The Hall–Kier alpha value is 1.53. The molecule has 0 unspecified atom stereocenters. The summed E-state index contributed by atoms with van der Waals surface area (Å²) in [5.41, 5.74) is 0. The Balaban J connectivity index is 2.24. The Labute approximate surface area is 83.9 Å². The molecule has 1 rings (SSSR count). The quantitative estimate of drug-likeness (QED) is 0.511. The van der Waals surface area contributed by atoms with Gasteiger partial charge in [0.25, 0.3) is 3.12 Å². The van der Waals surface area contributed by atoms with Crippen molar-refractivity contribution in [3.63, 3.8) is 0 Å². The molecule has 0 radical (unpaired) electrons. The highest BCUT2D eigenvalue weighted by atomic mass is 35.6. The highest BCUT2D eigenvalue weighted by Gasteiger charge is 2.26. The maximum absolute atomic E-state index is 5.56.